The molecule has 3 rings (SSSR count). The summed E-state index contributed by atoms with van der Waals surface area (Å²) in [6.45, 7) is 7.06. The van der Waals surface area contributed by atoms with Crippen LogP contribution in [-0.4, -0.2) is 53.8 Å². The van der Waals surface area contributed by atoms with E-state index >= 15 is 0 Å². The number of benzene rings is 2. The van der Waals surface area contributed by atoms with Crippen LogP contribution in [0.3, 0.4) is 0 Å². The fourth-order valence-corrected chi connectivity index (χ4v) is 5.18. The van der Waals surface area contributed by atoms with Gasteiger partial charge in [0.2, 0.25) is 11.8 Å². The molecule has 3 amide bonds. The predicted octanol–water partition coefficient (Wildman–Crippen LogP) is 4.26. The van der Waals surface area contributed by atoms with E-state index in [9.17, 15) is 24.3 Å². The van der Waals surface area contributed by atoms with Gasteiger partial charge in [-0.15, -0.1) is 13.2 Å². The van der Waals surface area contributed by atoms with Crippen LogP contribution in [0.15, 0.2) is 86.0 Å². The molecule has 0 saturated heterocycles. The van der Waals surface area contributed by atoms with E-state index in [4.69, 9.17) is 9.47 Å². The summed E-state index contributed by atoms with van der Waals surface area (Å²) in [5, 5.41) is 18.3. The lowest BCUT2D eigenvalue weighted by Gasteiger charge is -2.29. The number of carbonyl (C=O) groups is 4. The third-order valence-corrected chi connectivity index (χ3v) is 7.62. The van der Waals surface area contributed by atoms with E-state index in [0.29, 0.717) is 18.4 Å². The van der Waals surface area contributed by atoms with Crippen LogP contribution < -0.4 is 16.0 Å². The number of allylic oxidation sites excluding steroid dienone is 1. The Morgan fingerprint density at radius 2 is 1.52 bits per heavy atom. The first kappa shape index (κ1) is 34.1. The van der Waals surface area contributed by atoms with Gasteiger partial charge in [0, 0.05) is 6.42 Å². The van der Waals surface area contributed by atoms with Gasteiger partial charge < -0.3 is 30.5 Å². The molecule has 0 heterocycles. The molecule has 1 fully saturated rings. The Hall–Kier alpha value is -4.44. The summed E-state index contributed by atoms with van der Waals surface area (Å²) < 4.78 is 10.8. The second-order valence-electron chi connectivity index (χ2n) is 11.0. The number of hydrogen-bond donors (Lipinski definition) is 4. The minimum atomic E-state index is -1.05. The number of ether oxygens (including phenoxy) is 2. The van der Waals surface area contributed by atoms with Gasteiger partial charge in [-0.25, -0.2) is 9.59 Å². The largest absolute Gasteiger partial charge is 0.462 e. The highest BCUT2D eigenvalue weighted by Crippen LogP contribution is 2.29. The van der Waals surface area contributed by atoms with Crippen molar-refractivity contribution >= 4 is 23.9 Å². The van der Waals surface area contributed by atoms with Gasteiger partial charge >= 0.3 is 12.1 Å². The van der Waals surface area contributed by atoms with E-state index < -0.39 is 41.5 Å². The molecule has 0 aromatic heterocycles. The van der Waals surface area contributed by atoms with E-state index in [1.165, 1.54) is 6.08 Å². The van der Waals surface area contributed by atoms with Gasteiger partial charge in [-0.1, -0.05) is 85.7 Å². The minimum absolute atomic E-state index is 0.0372. The maximum absolute atomic E-state index is 13.4. The fourth-order valence-electron chi connectivity index (χ4n) is 5.18. The number of amides is 3. The molecule has 2 aromatic carbocycles. The molecule has 1 saturated carbocycles. The summed E-state index contributed by atoms with van der Waals surface area (Å²) in [7, 11) is 0. The van der Waals surface area contributed by atoms with Gasteiger partial charge in [0.25, 0.3) is 0 Å². The number of rotatable bonds is 17. The Morgan fingerprint density at radius 3 is 2.14 bits per heavy atom. The number of esters is 1. The normalized spacial score (nSPS) is 15.6. The molecule has 0 spiro atoms. The standard InChI is InChI=1S/C34H43N3O7/c1-3-13-27(21-30(39)37-34(24-38)19-11-12-20-34)31(40)35-29(26-17-9-6-10-18-26)23-43-32(41)28(14-4-2)36-33(42)44-22-25-15-7-5-8-16-25/h3-10,15-18,27-29,38H,1-2,11-14,19-24H2,(H,35,40)(H,36,42)(H,37,39)/t27-,28+,29-/m0/s1. The number of nitrogens with one attached hydrogen (secondary N) is 3. The Kier molecular flexibility index (Phi) is 13.6. The first-order chi connectivity index (χ1) is 21.3. The maximum atomic E-state index is 13.4. The van der Waals surface area contributed by atoms with Crippen LogP contribution in [0.5, 0.6) is 0 Å². The van der Waals surface area contributed by atoms with Crippen molar-refractivity contribution in [2.75, 3.05) is 13.2 Å². The molecule has 10 nitrogen and oxygen atoms in total. The fraction of sp³-hybridized carbons (Fsp3) is 0.412. The quantitative estimate of drug-likeness (QED) is 0.156. The number of aliphatic hydroxyl groups is 1. The SMILES string of the molecule is C=CC[C@@H](CC(=O)NC1(CO)CCCC1)C(=O)N[C@@H](COC(=O)[C@@H](CC=C)NC(=O)OCc1ccccc1)c1ccccc1. The summed E-state index contributed by atoms with van der Waals surface area (Å²) in [4.78, 5) is 51.8. The average Bonchev–Trinajstić information content (AvgIpc) is 3.51. The zero-order chi connectivity index (χ0) is 31.8. The Morgan fingerprint density at radius 1 is 0.886 bits per heavy atom. The molecule has 1 aliphatic carbocycles. The molecular weight excluding hydrogens is 562 g/mol. The van der Waals surface area contributed by atoms with Crippen LogP contribution in [0.25, 0.3) is 0 Å². The summed E-state index contributed by atoms with van der Waals surface area (Å²) in [5.74, 6) is -2.16. The van der Waals surface area contributed by atoms with E-state index in [1.807, 2.05) is 36.4 Å². The third kappa shape index (κ3) is 10.7. The molecule has 3 atom stereocenters. The van der Waals surface area contributed by atoms with Crippen molar-refractivity contribution in [3.63, 3.8) is 0 Å². The molecule has 4 N–H and O–H groups in total. The second kappa shape index (κ2) is 17.6. The first-order valence-electron chi connectivity index (χ1n) is 14.9. The number of aliphatic hydroxyl groups excluding tert-OH is 1. The van der Waals surface area contributed by atoms with Crippen molar-refractivity contribution in [1.29, 1.82) is 0 Å². The molecule has 0 bridgehead atoms. The zero-order valence-electron chi connectivity index (χ0n) is 25.0. The molecule has 2 aromatic rings. The van der Waals surface area contributed by atoms with Gasteiger partial charge in [-0.3, -0.25) is 9.59 Å². The van der Waals surface area contributed by atoms with Crippen molar-refractivity contribution in [3.05, 3.63) is 97.1 Å². The van der Waals surface area contributed by atoms with Crippen molar-refractivity contribution in [2.24, 2.45) is 5.92 Å². The average molecular weight is 606 g/mol. The lowest BCUT2D eigenvalue weighted by Crippen LogP contribution is -2.50. The highest BCUT2D eigenvalue weighted by Gasteiger charge is 2.35. The van der Waals surface area contributed by atoms with E-state index in [2.05, 4.69) is 29.1 Å². The second-order valence-corrected chi connectivity index (χ2v) is 11.0. The van der Waals surface area contributed by atoms with E-state index in [-0.39, 0.29) is 45.0 Å². The topological polar surface area (TPSA) is 143 Å². The van der Waals surface area contributed by atoms with Crippen LogP contribution in [0, 0.1) is 5.92 Å². The van der Waals surface area contributed by atoms with Crippen LogP contribution in [0.4, 0.5) is 4.79 Å². The summed E-state index contributed by atoms with van der Waals surface area (Å²) in [5.41, 5.74) is 0.846. The van der Waals surface area contributed by atoms with E-state index in [0.717, 1.165) is 18.4 Å². The van der Waals surface area contributed by atoms with Gasteiger partial charge in [0.1, 0.15) is 19.3 Å². The number of carbonyl (C=O) groups excluding carboxylic acids is 4. The molecule has 0 radical (unpaired) electrons. The summed E-state index contributed by atoms with van der Waals surface area (Å²) in [6.07, 6.45) is 5.79. The number of hydrogen-bond acceptors (Lipinski definition) is 7. The monoisotopic (exact) mass is 605 g/mol. The van der Waals surface area contributed by atoms with Gasteiger partial charge in [-0.2, -0.15) is 0 Å². The maximum Gasteiger partial charge on any atom is 0.408 e. The van der Waals surface area contributed by atoms with Crippen LogP contribution in [-0.2, 0) is 30.5 Å². The van der Waals surface area contributed by atoms with Crippen LogP contribution in [0.1, 0.15) is 62.1 Å². The lowest BCUT2D eigenvalue weighted by molar-refractivity contribution is -0.147. The lowest BCUT2D eigenvalue weighted by atomic mass is 9.95. The predicted molar refractivity (Wildman–Crippen MR) is 166 cm³/mol. The van der Waals surface area contributed by atoms with Crippen molar-refractivity contribution in [1.82, 2.24) is 16.0 Å². The van der Waals surface area contributed by atoms with Gasteiger partial charge in [-0.05, 0) is 36.8 Å². The van der Waals surface area contributed by atoms with Crippen LogP contribution in [0.2, 0.25) is 0 Å². The van der Waals surface area contributed by atoms with Crippen LogP contribution >= 0.6 is 0 Å². The van der Waals surface area contributed by atoms with Gasteiger partial charge in [0.05, 0.1) is 24.1 Å². The molecular formula is C34H43N3O7. The molecule has 1 aliphatic rings. The Labute approximate surface area is 258 Å². The summed E-state index contributed by atoms with van der Waals surface area (Å²) >= 11 is 0. The third-order valence-electron chi connectivity index (χ3n) is 7.62. The highest BCUT2D eigenvalue weighted by molar-refractivity contribution is 5.86. The van der Waals surface area contributed by atoms with Crippen molar-refractivity contribution < 1.29 is 33.8 Å². The smallest absolute Gasteiger partial charge is 0.408 e. The van der Waals surface area contributed by atoms with E-state index in [1.54, 1.807) is 30.3 Å². The Balaban J connectivity index is 1.63. The summed E-state index contributed by atoms with van der Waals surface area (Å²) in [6, 6.07) is 16.4. The molecule has 0 unspecified atom stereocenters. The zero-order valence-corrected chi connectivity index (χ0v) is 25.0. The minimum Gasteiger partial charge on any atom is -0.462 e. The molecule has 44 heavy (non-hydrogen) atoms. The first-order valence-corrected chi connectivity index (χ1v) is 14.9. The molecule has 10 heteroatoms. The number of alkyl carbamates (subject to hydrolysis) is 1. The van der Waals surface area contributed by atoms with Gasteiger partial charge in [0.15, 0.2) is 0 Å². The van der Waals surface area contributed by atoms with Crippen molar-refractivity contribution in [3.8, 4) is 0 Å². The molecule has 0 aliphatic heterocycles. The Bertz CT molecular complexity index is 1250. The molecule has 236 valence electrons. The highest BCUT2D eigenvalue weighted by atomic mass is 16.6. The van der Waals surface area contributed by atoms with Crippen molar-refractivity contribution in [2.45, 2.75) is 69.2 Å².